The predicted molar refractivity (Wildman–Crippen MR) is 92.6 cm³/mol. The normalized spacial score (nSPS) is 16.3. The zero-order chi connectivity index (χ0) is 17.3. The second kappa shape index (κ2) is 6.57. The Balaban J connectivity index is 2.18. The van der Waals surface area contributed by atoms with E-state index < -0.39 is 11.9 Å². The lowest BCUT2D eigenvalue weighted by atomic mass is 9.83. The summed E-state index contributed by atoms with van der Waals surface area (Å²) in [6.45, 7) is 1.98. The number of ether oxygens (including phenoxy) is 2. The zero-order valence-corrected chi connectivity index (χ0v) is 14.5. The molecular formula is C18H16BrNO4. The minimum atomic E-state index is -0.512. The van der Waals surface area contributed by atoms with Gasteiger partial charge in [0.1, 0.15) is 17.1 Å². The molecule has 0 amide bonds. The Morgan fingerprint density at radius 1 is 1.29 bits per heavy atom. The van der Waals surface area contributed by atoms with Gasteiger partial charge in [-0.15, -0.1) is 0 Å². The topological polar surface area (TPSA) is 81.8 Å². The molecule has 0 unspecified atom stereocenters. The van der Waals surface area contributed by atoms with Gasteiger partial charge in [-0.1, -0.05) is 34.1 Å². The van der Waals surface area contributed by atoms with Crippen LogP contribution in [0.2, 0.25) is 0 Å². The average molecular weight is 390 g/mol. The fourth-order valence-electron chi connectivity index (χ4n) is 2.75. The van der Waals surface area contributed by atoms with Crippen LogP contribution in [-0.2, 0) is 9.53 Å². The van der Waals surface area contributed by atoms with Crippen LogP contribution in [0, 0.1) is 0 Å². The molecule has 0 bridgehead atoms. The molecule has 0 saturated carbocycles. The molecule has 3 rings (SSSR count). The van der Waals surface area contributed by atoms with Gasteiger partial charge in [0.25, 0.3) is 0 Å². The van der Waals surface area contributed by atoms with E-state index in [1.807, 2.05) is 24.3 Å². The number of hydrogen-bond acceptors (Lipinski definition) is 5. The van der Waals surface area contributed by atoms with Gasteiger partial charge in [0.05, 0.1) is 12.5 Å². The number of aromatic hydroxyl groups is 1. The van der Waals surface area contributed by atoms with Gasteiger partial charge >= 0.3 is 5.97 Å². The summed E-state index contributed by atoms with van der Waals surface area (Å²) < 4.78 is 11.6. The smallest absolute Gasteiger partial charge is 0.340 e. The van der Waals surface area contributed by atoms with Gasteiger partial charge < -0.3 is 20.3 Å². The van der Waals surface area contributed by atoms with Crippen molar-refractivity contribution >= 4 is 21.9 Å². The number of carbonyl (C=O) groups excluding carboxylic acids is 1. The fourth-order valence-corrected chi connectivity index (χ4v) is 3.01. The van der Waals surface area contributed by atoms with Crippen LogP contribution < -0.4 is 10.5 Å². The lowest BCUT2D eigenvalue weighted by Crippen LogP contribution is -2.27. The second-order valence-electron chi connectivity index (χ2n) is 5.31. The van der Waals surface area contributed by atoms with Crippen molar-refractivity contribution < 1.29 is 19.4 Å². The van der Waals surface area contributed by atoms with E-state index in [1.165, 1.54) is 6.07 Å². The van der Waals surface area contributed by atoms with Gasteiger partial charge in [0.2, 0.25) is 5.88 Å². The summed E-state index contributed by atoms with van der Waals surface area (Å²) >= 11 is 3.41. The third-order valence-corrected chi connectivity index (χ3v) is 4.31. The number of hydrogen-bond donors (Lipinski definition) is 2. The van der Waals surface area contributed by atoms with Crippen LogP contribution in [0.3, 0.4) is 0 Å². The number of carbonyl (C=O) groups is 1. The highest BCUT2D eigenvalue weighted by molar-refractivity contribution is 9.10. The van der Waals surface area contributed by atoms with Gasteiger partial charge in [-0.3, -0.25) is 0 Å². The first-order valence-electron chi connectivity index (χ1n) is 7.44. The van der Waals surface area contributed by atoms with Gasteiger partial charge in [0.15, 0.2) is 0 Å². The molecule has 1 aliphatic heterocycles. The van der Waals surface area contributed by atoms with Crippen LogP contribution in [0.15, 0.2) is 58.4 Å². The van der Waals surface area contributed by atoms with Crippen LogP contribution in [0.1, 0.15) is 24.0 Å². The maximum Gasteiger partial charge on any atom is 0.340 e. The number of phenols is 1. The zero-order valence-electron chi connectivity index (χ0n) is 13.0. The molecule has 0 saturated heterocycles. The molecule has 2 aromatic rings. The van der Waals surface area contributed by atoms with Crippen molar-refractivity contribution in [1.82, 2.24) is 0 Å². The first-order chi connectivity index (χ1) is 11.5. The molecule has 0 aromatic heterocycles. The Labute approximate surface area is 147 Å². The minimum Gasteiger partial charge on any atom is -0.508 e. The highest BCUT2D eigenvalue weighted by atomic mass is 79.9. The maximum absolute atomic E-state index is 12.4. The highest BCUT2D eigenvalue weighted by Gasteiger charge is 2.35. The van der Waals surface area contributed by atoms with Crippen LogP contribution in [0.4, 0.5) is 0 Å². The average Bonchev–Trinajstić information content (AvgIpc) is 2.54. The first kappa shape index (κ1) is 16.4. The molecule has 6 heteroatoms. The molecule has 3 N–H and O–H groups in total. The Kier molecular flexibility index (Phi) is 4.49. The van der Waals surface area contributed by atoms with E-state index >= 15 is 0 Å². The number of nitrogens with two attached hydrogens (primary N) is 1. The largest absolute Gasteiger partial charge is 0.508 e. The third-order valence-electron chi connectivity index (χ3n) is 3.78. The van der Waals surface area contributed by atoms with Crippen molar-refractivity contribution in [1.29, 1.82) is 0 Å². The molecule has 5 nitrogen and oxygen atoms in total. The lowest BCUT2D eigenvalue weighted by molar-refractivity contribution is -0.139. The molecule has 1 aliphatic rings. The summed E-state index contributed by atoms with van der Waals surface area (Å²) in [6, 6.07) is 12.4. The maximum atomic E-state index is 12.4. The standard InChI is InChI=1S/C18H16BrNO4/c1-2-23-18(22)16-15(10-3-5-11(19)6-4-10)13-8-7-12(21)9-14(13)24-17(16)20/h3-9,15,21H,2,20H2,1H3/t15-/m0/s1. The van der Waals surface area contributed by atoms with E-state index in [0.717, 1.165) is 15.6 Å². The molecule has 0 fully saturated rings. The molecule has 24 heavy (non-hydrogen) atoms. The van der Waals surface area contributed by atoms with Crippen molar-refractivity contribution in [3.8, 4) is 11.5 Å². The molecule has 124 valence electrons. The van der Waals surface area contributed by atoms with Gasteiger partial charge in [-0.25, -0.2) is 4.79 Å². The summed E-state index contributed by atoms with van der Waals surface area (Å²) in [5.74, 6) is -0.466. The molecular weight excluding hydrogens is 374 g/mol. The van der Waals surface area contributed by atoms with E-state index in [2.05, 4.69) is 15.9 Å². The van der Waals surface area contributed by atoms with Crippen LogP contribution in [-0.4, -0.2) is 17.7 Å². The number of rotatable bonds is 3. The monoisotopic (exact) mass is 389 g/mol. The Morgan fingerprint density at radius 2 is 2.00 bits per heavy atom. The number of esters is 1. The lowest BCUT2D eigenvalue weighted by Gasteiger charge is -2.28. The minimum absolute atomic E-state index is 0.0144. The fraction of sp³-hybridized carbons (Fsp3) is 0.167. The number of phenolic OH excluding ortho intramolecular Hbond substituents is 1. The van der Waals surface area contributed by atoms with E-state index in [-0.39, 0.29) is 23.8 Å². The van der Waals surface area contributed by atoms with Gasteiger partial charge in [-0.2, -0.15) is 0 Å². The van der Waals surface area contributed by atoms with Crippen LogP contribution >= 0.6 is 15.9 Å². The van der Waals surface area contributed by atoms with Gasteiger partial charge in [-0.05, 0) is 30.7 Å². The van der Waals surface area contributed by atoms with Crippen molar-refractivity contribution in [3.63, 3.8) is 0 Å². The highest BCUT2D eigenvalue weighted by Crippen LogP contribution is 2.44. The number of fused-ring (bicyclic) bond motifs is 1. The summed E-state index contributed by atoms with van der Waals surface area (Å²) in [4.78, 5) is 12.4. The van der Waals surface area contributed by atoms with Crippen molar-refractivity contribution in [2.75, 3.05) is 6.61 Å². The first-order valence-corrected chi connectivity index (χ1v) is 8.23. The molecule has 1 heterocycles. The SMILES string of the molecule is CCOC(=O)C1=C(N)Oc2cc(O)ccc2[C@@H]1c1ccc(Br)cc1. The van der Waals surface area contributed by atoms with Crippen LogP contribution in [0.25, 0.3) is 0 Å². The van der Waals surface area contributed by atoms with Crippen LogP contribution in [0.5, 0.6) is 11.5 Å². The van der Waals surface area contributed by atoms with E-state index in [4.69, 9.17) is 15.2 Å². The Bertz CT molecular complexity index is 814. The third kappa shape index (κ3) is 2.97. The summed E-state index contributed by atoms with van der Waals surface area (Å²) in [5.41, 5.74) is 7.88. The molecule has 0 spiro atoms. The summed E-state index contributed by atoms with van der Waals surface area (Å²) in [5, 5.41) is 9.69. The van der Waals surface area contributed by atoms with Gasteiger partial charge in [0, 0.05) is 16.1 Å². The van der Waals surface area contributed by atoms with Crippen molar-refractivity contribution in [2.45, 2.75) is 12.8 Å². The molecule has 0 radical (unpaired) electrons. The number of benzene rings is 2. The van der Waals surface area contributed by atoms with E-state index in [9.17, 15) is 9.90 Å². The summed E-state index contributed by atoms with van der Waals surface area (Å²) in [7, 11) is 0. The Morgan fingerprint density at radius 3 is 2.67 bits per heavy atom. The second-order valence-corrected chi connectivity index (χ2v) is 6.22. The van der Waals surface area contributed by atoms with Crippen molar-refractivity contribution in [3.05, 3.63) is 69.5 Å². The quantitative estimate of drug-likeness (QED) is 0.785. The summed E-state index contributed by atoms with van der Waals surface area (Å²) in [6.07, 6.45) is 0. The van der Waals surface area contributed by atoms with Crippen molar-refractivity contribution in [2.24, 2.45) is 5.73 Å². The predicted octanol–water partition coefficient (Wildman–Crippen LogP) is 3.41. The molecule has 2 aromatic carbocycles. The molecule has 0 aliphatic carbocycles. The molecule has 1 atom stereocenters. The van der Waals surface area contributed by atoms with E-state index in [1.54, 1.807) is 19.1 Å². The van der Waals surface area contributed by atoms with E-state index in [0.29, 0.717) is 5.75 Å². The Hall–Kier alpha value is -2.47. The number of halogens is 1.